The van der Waals surface area contributed by atoms with Gasteiger partial charge >= 0.3 is 0 Å². The van der Waals surface area contributed by atoms with Gasteiger partial charge in [0.25, 0.3) is 5.56 Å². The minimum atomic E-state index is -0.0783. The number of benzene rings is 1. The van der Waals surface area contributed by atoms with Crippen LogP contribution in [0.3, 0.4) is 0 Å². The number of hydrogen-bond acceptors (Lipinski definition) is 4. The number of aromatic nitrogens is 2. The summed E-state index contributed by atoms with van der Waals surface area (Å²) in [6, 6.07) is 6.10. The number of carbonyl (C=O) groups is 1. The molecule has 2 aromatic rings. The molecule has 1 aromatic heterocycles. The highest BCUT2D eigenvalue weighted by molar-refractivity contribution is 5.85. The van der Waals surface area contributed by atoms with Gasteiger partial charge in [-0.1, -0.05) is 12.1 Å². The minimum absolute atomic E-state index is 0. The Hall–Kier alpha value is -1.92. The largest absolute Gasteiger partial charge is 0.343 e. The molecule has 136 valence electrons. The second-order valence-electron chi connectivity index (χ2n) is 6.41. The molecule has 1 aliphatic heterocycles. The van der Waals surface area contributed by atoms with Crippen molar-refractivity contribution in [3.05, 3.63) is 40.4 Å². The van der Waals surface area contributed by atoms with Crippen LogP contribution in [0.25, 0.3) is 10.9 Å². The molecule has 3 rings (SSSR count). The molecule has 6 nitrogen and oxygen atoms in total. The summed E-state index contributed by atoms with van der Waals surface area (Å²) in [7, 11) is 1.96. The van der Waals surface area contributed by atoms with Gasteiger partial charge in [-0.2, -0.15) is 0 Å². The van der Waals surface area contributed by atoms with Crippen LogP contribution in [-0.4, -0.2) is 46.5 Å². The number of likely N-dealkylation sites (tertiary alicyclic amines) is 1. The lowest BCUT2D eigenvalue weighted by molar-refractivity contribution is -0.132. The first-order valence-corrected chi connectivity index (χ1v) is 8.50. The standard InChI is InChI=1S/C18H24N4O2.ClH/c1-13-4-3-5-15-17(13)20-12-22(18(15)24)11-8-16(23)21-9-6-14(19-2)7-10-21;/h3-5,12,14,19H,6-11H2,1-2H3;1H. The van der Waals surface area contributed by atoms with Crippen molar-refractivity contribution < 1.29 is 4.79 Å². The maximum Gasteiger partial charge on any atom is 0.261 e. The lowest BCUT2D eigenvalue weighted by Crippen LogP contribution is -2.44. The molecule has 0 aliphatic carbocycles. The van der Waals surface area contributed by atoms with E-state index in [0.29, 0.717) is 24.4 Å². The van der Waals surface area contributed by atoms with Gasteiger partial charge in [0.05, 0.1) is 17.2 Å². The minimum Gasteiger partial charge on any atom is -0.343 e. The summed E-state index contributed by atoms with van der Waals surface area (Å²) in [6.07, 6.45) is 3.86. The molecule has 1 saturated heterocycles. The highest BCUT2D eigenvalue weighted by Gasteiger charge is 2.21. The van der Waals surface area contributed by atoms with Gasteiger partial charge in [-0.25, -0.2) is 4.98 Å². The quantitative estimate of drug-likeness (QED) is 0.897. The number of fused-ring (bicyclic) bond motifs is 1. The van der Waals surface area contributed by atoms with Crippen LogP contribution in [0.1, 0.15) is 24.8 Å². The molecule has 1 aliphatic rings. The van der Waals surface area contributed by atoms with E-state index in [0.717, 1.165) is 37.0 Å². The normalized spacial score (nSPS) is 15.2. The Kier molecular flexibility index (Phi) is 6.56. The number of piperidine rings is 1. The van der Waals surface area contributed by atoms with Crippen LogP contribution in [0.15, 0.2) is 29.3 Å². The van der Waals surface area contributed by atoms with Gasteiger partial charge in [-0.05, 0) is 38.4 Å². The van der Waals surface area contributed by atoms with Crippen molar-refractivity contribution in [1.82, 2.24) is 19.8 Å². The van der Waals surface area contributed by atoms with Crippen molar-refractivity contribution >= 4 is 29.2 Å². The third kappa shape index (κ3) is 4.19. The molecule has 25 heavy (non-hydrogen) atoms. The van der Waals surface area contributed by atoms with Crippen LogP contribution in [-0.2, 0) is 11.3 Å². The van der Waals surface area contributed by atoms with Crippen molar-refractivity contribution in [3.8, 4) is 0 Å². The lowest BCUT2D eigenvalue weighted by Gasteiger charge is -2.31. The molecular weight excluding hydrogens is 340 g/mol. The molecule has 0 saturated carbocycles. The van der Waals surface area contributed by atoms with Gasteiger partial charge in [0.2, 0.25) is 5.91 Å². The molecule has 1 N–H and O–H groups in total. The van der Waals surface area contributed by atoms with Gasteiger partial charge in [0, 0.05) is 32.1 Å². The first-order valence-electron chi connectivity index (χ1n) is 8.50. The highest BCUT2D eigenvalue weighted by atomic mass is 35.5. The Morgan fingerprint density at radius 3 is 2.72 bits per heavy atom. The van der Waals surface area contributed by atoms with Gasteiger partial charge in [-0.3, -0.25) is 14.2 Å². The van der Waals surface area contributed by atoms with E-state index in [2.05, 4.69) is 10.3 Å². The predicted octanol–water partition coefficient (Wildman–Crippen LogP) is 1.73. The van der Waals surface area contributed by atoms with Crippen LogP contribution < -0.4 is 10.9 Å². The summed E-state index contributed by atoms with van der Waals surface area (Å²) in [6.45, 7) is 3.89. The third-order valence-electron chi connectivity index (χ3n) is 4.88. The van der Waals surface area contributed by atoms with E-state index < -0.39 is 0 Å². The van der Waals surface area contributed by atoms with Gasteiger partial charge in [0.1, 0.15) is 0 Å². The monoisotopic (exact) mass is 364 g/mol. The van der Waals surface area contributed by atoms with Gasteiger partial charge < -0.3 is 10.2 Å². The van der Waals surface area contributed by atoms with Crippen LogP contribution >= 0.6 is 12.4 Å². The number of para-hydroxylation sites is 1. The Labute approximate surface area is 153 Å². The maximum absolute atomic E-state index is 12.5. The third-order valence-corrected chi connectivity index (χ3v) is 4.88. The molecule has 0 spiro atoms. The van der Waals surface area contributed by atoms with Crippen molar-refractivity contribution in [2.75, 3.05) is 20.1 Å². The van der Waals surface area contributed by atoms with Crippen molar-refractivity contribution in [2.24, 2.45) is 0 Å². The molecule has 2 heterocycles. The number of carbonyl (C=O) groups excluding carboxylic acids is 1. The first kappa shape index (κ1) is 19.4. The number of nitrogens with one attached hydrogen (secondary N) is 1. The average Bonchev–Trinajstić information content (AvgIpc) is 2.61. The smallest absolute Gasteiger partial charge is 0.261 e. The fourth-order valence-corrected chi connectivity index (χ4v) is 3.29. The summed E-state index contributed by atoms with van der Waals surface area (Å²) >= 11 is 0. The van der Waals surface area contributed by atoms with E-state index in [1.165, 1.54) is 0 Å². The van der Waals surface area contributed by atoms with E-state index >= 15 is 0 Å². The fraction of sp³-hybridized carbons (Fsp3) is 0.500. The van der Waals surface area contributed by atoms with Crippen LogP contribution in [0.2, 0.25) is 0 Å². The molecular formula is C18H25ClN4O2. The highest BCUT2D eigenvalue weighted by Crippen LogP contribution is 2.13. The Bertz CT molecular complexity index is 797. The zero-order valence-corrected chi connectivity index (χ0v) is 15.5. The summed E-state index contributed by atoms with van der Waals surface area (Å²) in [5.41, 5.74) is 1.64. The van der Waals surface area contributed by atoms with Gasteiger partial charge in [0.15, 0.2) is 0 Å². The predicted molar refractivity (Wildman–Crippen MR) is 101 cm³/mol. The second-order valence-corrected chi connectivity index (χ2v) is 6.41. The molecule has 1 aromatic carbocycles. The number of aryl methyl sites for hydroxylation is 2. The van der Waals surface area contributed by atoms with Crippen molar-refractivity contribution in [2.45, 2.75) is 38.8 Å². The van der Waals surface area contributed by atoms with E-state index in [4.69, 9.17) is 0 Å². The Morgan fingerprint density at radius 1 is 1.32 bits per heavy atom. The van der Waals surface area contributed by atoms with E-state index in [1.54, 1.807) is 17.0 Å². The second kappa shape index (κ2) is 8.45. The maximum atomic E-state index is 12.5. The number of amides is 1. The van der Waals surface area contributed by atoms with Crippen molar-refractivity contribution in [3.63, 3.8) is 0 Å². The van der Waals surface area contributed by atoms with E-state index in [1.807, 2.05) is 31.0 Å². The zero-order valence-electron chi connectivity index (χ0n) is 14.7. The number of hydrogen-bond donors (Lipinski definition) is 1. The lowest BCUT2D eigenvalue weighted by atomic mass is 10.1. The van der Waals surface area contributed by atoms with Gasteiger partial charge in [-0.15, -0.1) is 12.4 Å². The van der Waals surface area contributed by atoms with Crippen LogP contribution in [0.5, 0.6) is 0 Å². The molecule has 1 amide bonds. The molecule has 0 radical (unpaired) electrons. The summed E-state index contributed by atoms with van der Waals surface area (Å²) in [5.74, 6) is 0.112. The Morgan fingerprint density at radius 2 is 2.04 bits per heavy atom. The number of nitrogens with zero attached hydrogens (tertiary/aromatic N) is 3. The first-order chi connectivity index (χ1) is 11.6. The molecule has 1 fully saturated rings. The van der Waals surface area contributed by atoms with E-state index in [9.17, 15) is 9.59 Å². The summed E-state index contributed by atoms with van der Waals surface area (Å²) < 4.78 is 1.54. The summed E-state index contributed by atoms with van der Waals surface area (Å²) in [5, 5.41) is 3.87. The average molecular weight is 365 g/mol. The van der Waals surface area contributed by atoms with E-state index in [-0.39, 0.29) is 23.9 Å². The van der Waals surface area contributed by atoms with Crippen LogP contribution in [0.4, 0.5) is 0 Å². The fourth-order valence-electron chi connectivity index (χ4n) is 3.29. The zero-order chi connectivity index (χ0) is 17.1. The molecule has 0 bridgehead atoms. The summed E-state index contributed by atoms with van der Waals surface area (Å²) in [4.78, 5) is 31.2. The number of halogens is 1. The number of rotatable bonds is 4. The molecule has 0 atom stereocenters. The molecule has 0 unspecified atom stereocenters. The Balaban J connectivity index is 0.00000225. The van der Waals surface area contributed by atoms with Crippen molar-refractivity contribution in [1.29, 1.82) is 0 Å². The SMILES string of the molecule is CNC1CCN(C(=O)CCn2cnc3c(C)cccc3c2=O)CC1.Cl. The van der Waals surface area contributed by atoms with Crippen LogP contribution in [0, 0.1) is 6.92 Å². The topological polar surface area (TPSA) is 67.2 Å². The molecule has 7 heteroatoms.